The minimum atomic E-state index is -0.307. The van der Waals surface area contributed by atoms with Crippen LogP contribution in [0.4, 0.5) is 10.1 Å². The summed E-state index contributed by atoms with van der Waals surface area (Å²) in [4.78, 5) is 11.6. The normalized spacial score (nSPS) is 10.6. The molecule has 6 heteroatoms. The zero-order valence-corrected chi connectivity index (χ0v) is 13.2. The molecule has 2 rings (SSSR count). The Morgan fingerprint density at radius 1 is 1.14 bits per heavy atom. The maximum atomic E-state index is 12.7. The average molecular weight is 397 g/mol. The first-order valence-electron chi connectivity index (χ1n) is 6.20. The van der Waals surface area contributed by atoms with E-state index in [0.717, 1.165) is 9.26 Å². The number of benzene rings is 2. The Labute approximate surface area is 135 Å². The van der Waals surface area contributed by atoms with Crippen molar-refractivity contribution >= 4 is 40.4 Å². The van der Waals surface area contributed by atoms with Gasteiger partial charge < -0.3 is 5.32 Å². The zero-order chi connectivity index (χ0) is 15.1. The van der Waals surface area contributed by atoms with Gasteiger partial charge in [0.25, 0.3) is 5.91 Å². The first kappa shape index (κ1) is 15.4. The van der Waals surface area contributed by atoms with E-state index in [1.807, 2.05) is 24.3 Å². The van der Waals surface area contributed by atoms with E-state index in [9.17, 15) is 9.18 Å². The minimum Gasteiger partial charge on any atom is -0.376 e. The third-order valence-electron chi connectivity index (χ3n) is 2.57. The van der Waals surface area contributed by atoms with Crippen molar-refractivity contribution in [3.8, 4) is 0 Å². The third-order valence-corrected chi connectivity index (χ3v) is 3.29. The molecule has 0 atom stereocenters. The number of nitrogens with zero attached hydrogens (tertiary/aromatic N) is 1. The van der Waals surface area contributed by atoms with Crippen LogP contribution in [0.2, 0.25) is 0 Å². The van der Waals surface area contributed by atoms with Crippen LogP contribution in [-0.2, 0) is 4.79 Å². The summed E-state index contributed by atoms with van der Waals surface area (Å²) in [6.45, 7) is 0.126. The van der Waals surface area contributed by atoms with Crippen LogP contribution < -0.4 is 10.7 Å². The summed E-state index contributed by atoms with van der Waals surface area (Å²) in [5.41, 5.74) is 3.98. The Bertz CT molecular complexity index is 626. The molecular formula is C15H13FIN3O. The molecule has 1 amide bonds. The summed E-state index contributed by atoms with van der Waals surface area (Å²) in [6, 6.07) is 13.5. The summed E-state index contributed by atoms with van der Waals surface area (Å²) in [5.74, 6) is -0.565. The van der Waals surface area contributed by atoms with Crippen LogP contribution in [0.25, 0.3) is 0 Å². The van der Waals surface area contributed by atoms with E-state index in [1.165, 1.54) is 18.3 Å². The summed E-state index contributed by atoms with van der Waals surface area (Å²) in [6.07, 6.45) is 1.46. The zero-order valence-electron chi connectivity index (χ0n) is 11.0. The first-order valence-corrected chi connectivity index (χ1v) is 7.28. The molecule has 2 aromatic carbocycles. The summed E-state index contributed by atoms with van der Waals surface area (Å²) in [5, 5.41) is 6.80. The van der Waals surface area contributed by atoms with Crippen molar-refractivity contribution in [3.63, 3.8) is 0 Å². The van der Waals surface area contributed by atoms with Gasteiger partial charge in [0, 0.05) is 9.26 Å². The summed E-state index contributed by atoms with van der Waals surface area (Å²) >= 11 is 2.21. The van der Waals surface area contributed by atoms with Crippen molar-refractivity contribution in [1.29, 1.82) is 0 Å². The Morgan fingerprint density at radius 2 is 1.81 bits per heavy atom. The Balaban J connectivity index is 1.77. The number of anilines is 1. The van der Waals surface area contributed by atoms with Crippen LogP contribution in [0.3, 0.4) is 0 Å². The fourth-order valence-electron chi connectivity index (χ4n) is 1.52. The fourth-order valence-corrected chi connectivity index (χ4v) is 1.88. The van der Waals surface area contributed by atoms with Gasteiger partial charge in [-0.2, -0.15) is 5.10 Å². The van der Waals surface area contributed by atoms with E-state index in [1.54, 1.807) is 12.1 Å². The van der Waals surface area contributed by atoms with Gasteiger partial charge in [-0.1, -0.05) is 12.1 Å². The van der Waals surface area contributed by atoms with Gasteiger partial charge in [0.05, 0.1) is 12.8 Å². The molecule has 0 saturated carbocycles. The number of hydrogen-bond donors (Lipinski definition) is 2. The fraction of sp³-hybridized carbons (Fsp3) is 0.0667. The lowest BCUT2D eigenvalue weighted by Crippen LogP contribution is -2.25. The van der Waals surface area contributed by atoms with E-state index in [0.29, 0.717) is 5.56 Å². The lowest BCUT2D eigenvalue weighted by Gasteiger charge is -2.05. The second kappa shape index (κ2) is 7.72. The number of hydrogen-bond acceptors (Lipinski definition) is 3. The Morgan fingerprint density at radius 3 is 2.48 bits per heavy atom. The molecule has 108 valence electrons. The highest BCUT2D eigenvalue weighted by molar-refractivity contribution is 14.1. The van der Waals surface area contributed by atoms with E-state index < -0.39 is 0 Å². The van der Waals surface area contributed by atoms with Crippen molar-refractivity contribution in [3.05, 3.63) is 63.5 Å². The van der Waals surface area contributed by atoms with Crippen LogP contribution in [-0.4, -0.2) is 18.7 Å². The molecule has 0 aliphatic carbocycles. The van der Waals surface area contributed by atoms with E-state index in [-0.39, 0.29) is 18.3 Å². The van der Waals surface area contributed by atoms with Crippen LogP contribution in [0.15, 0.2) is 53.6 Å². The van der Waals surface area contributed by atoms with Gasteiger partial charge in [0.15, 0.2) is 0 Å². The molecule has 2 aromatic rings. The molecule has 0 aromatic heterocycles. The van der Waals surface area contributed by atoms with E-state index >= 15 is 0 Å². The lowest BCUT2D eigenvalue weighted by atomic mass is 10.2. The van der Waals surface area contributed by atoms with Crippen molar-refractivity contribution in [2.75, 3.05) is 11.9 Å². The molecule has 0 aliphatic heterocycles. The molecule has 0 unspecified atom stereocenters. The molecule has 0 spiro atoms. The highest BCUT2D eigenvalue weighted by Gasteiger charge is 1.99. The van der Waals surface area contributed by atoms with E-state index in [2.05, 4.69) is 38.4 Å². The first-order chi connectivity index (χ1) is 10.1. The second-order valence-electron chi connectivity index (χ2n) is 4.21. The maximum Gasteiger partial charge on any atom is 0.259 e. The van der Waals surface area contributed by atoms with Crippen molar-refractivity contribution in [2.24, 2.45) is 5.10 Å². The monoisotopic (exact) mass is 397 g/mol. The largest absolute Gasteiger partial charge is 0.376 e. The SMILES string of the molecule is O=C(CNc1ccc(I)cc1)N/N=C\c1ccc(F)cc1. The topological polar surface area (TPSA) is 53.5 Å². The number of hydrazone groups is 1. The third kappa shape index (κ3) is 5.50. The highest BCUT2D eigenvalue weighted by atomic mass is 127. The van der Waals surface area contributed by atoms with Crippen LogP contribution in [0, 0.1) is 9.39 Å². The number of carbonyl (C=O) groups excluding carboxylic acids is 1. The molecule has 0 radical (unpaired) electrons. The number of carbonyl (C=O) groups is 1. The van der Waals surface area contributed by atoms with E-state index in [4.69, 9.17) is 0 Å². The molecule has 2 N–H and O–H groups in total. The molecule has 0 fully saturated rings. The van der Waals surface area contributed by atoms with Gasteiger partial charge in [-0.15, -0.1) is 0 Å². The number of rotatable bonds is 5. The van der Waals surface area contributed by atoms with Gasteiger partial charge in [-0.25, -0.2) is 9.82 Å². The second-order valence-corrected chi connectivity index (χ2v) is 5.45. The number of halogens is 2. The lowest BCUT2D eigenvalue weighted by molar-refractivity contribution is -0.119. The minimum absolute atomic E-state index is 0.126. The smallest absolute Gasteiger partial charge is 0.259 e. The van der Waals surface area contributed by atoms with Crippen LogP contribution in [0.1, 0.15) is 5.56 Å². The predicted octanol–water partition coefficient (Wildman–Crippen LogP) is 2.99. The summed E-state index contributed by atoms with van der Waals surface area (Å²) in [7, 11) is 0. The Kier molecular flexibility index (Phi) is 5.68. The molecule has 0 heterocycles. The number of nitrogens with one attached hydrogen (secondary N) is 2. The van der Waals surface area contributed by atoms with Gasteiger partial charge in [-0.05, 0) is 64.6 Å². The average Bonchev–Trinajstić information content (AvgIpc) is 2.49. The molecule has 0 aliphatic rings. The highest BCUT2D eigenvalue weighted by Crippen LogP contribution is 2.10. The van der Waals surface area contributed by atoms with Gasteiger partial charge in [-0.3, -0.25) is 4.79 Å². The molecule has 4 nitrogen and oxygen atoms in total. The van der Waals surface area contributed by atoms with Gasteiger partial charge in [0.1, 0.15) is 5.82 Å². The van der Waals surface area contributed by atoms with Crippen molar-refractivity contribution in [1.82, 2.24) is 5.43 Å². The van der Waals surface area contributed by atoms with Crippen LogP contribution in [0.5, 0.6) is 0 Å². The van der Waals surface area contributed by atoms with Gasteiger partial charge >= 0.3 is 0 Å². The molecule has 0 saturated heterocycles. The maximum absolute atomic E-state index is 12.7. The van der Waals surface area contributed by atoms with Crippen molar-refractivity contribution in [2.45, 2.75) is 0 Å². The summed E-state index contributed by atoms with van der Waals surface area (Å²) < 4.78 is 13.8. The molecular weight excluding hydrogens is 384 g/mol. The standard InChI is InChI=1S/C15H13FIN3O/c16-12-3-1-11(2-4-12)9-19-20-15(21)10-18-14-7-5-13(17)6-8-14/h1-9,18H,10H2,(H,20,21)/b19-9-. The molecule has 0 bridgehead atoms. The quantitative estimate of drug-likeness (QED) is 0.463. The van der Waals surface area contributed by atoms with Crippen molar-refractivity contribution < 1.29 is 9.18 Å². The van der Waals surface area contributed by atoms with Crippen LogP contribution >= 0.6 is 22.6 Å². The predicted molar refractivity (Wildman–Crippen MR) is 89.8 cm³/mol. The molecule has 21 heavy (non-hydrogen) atoms. The van der Waals surface area contributed by atoms with Gasteiger partial charge in [0.2, 0.25) is 0 Å². The number of amides is 1. The Hall–Kier alpha value is -1.96.